The molecule has 1 aromatic rings. The Morgan fingerprint density at radius 1 is 1.29 bits per heavy atom. The van der Waals surface area contributed by atoms with Gasteiger partial charge in [0, 0.05) is 37.4 Å². The minimum absolute atomic E-state index is 0.584. The Balaban J connectivity index is 1.87. The van der Waals surface area contributed by atoms with E-state index in [4.69, 9.17) is 5.73 Å². The Kier molecular flexibility index (Phi) is 4.95. The van der Waals surface area contributed by atoms with Crippen LogP contribution in [0.15, 0.2) is 24.4 Å². The van der Waals surface area contributed by atoms with E-state index in [2.05, 4.69) is 22.0 Å². The van der Waals surface area contributed by atoms with Gasteiger partial charge in [-0.05, 0) is 31.5 Å². The minimum Gasteiger partial charge on any atom is -0.329 e. The lowest BCUT2D eigenvalue weighted by Gasteiger charge is -2.28. The van der Waals surface area contributed by atoms with Crippen molar-refractivity contribution < 1.29 is 0 Å². The van der Waals surface area contributed by atoms with E-state index >= 15 is 0 Å². The van der Waals surface area contributed by atoms with Gasteiger partial charge >= 0.3 is 0 Å². The molecule has 1 fully saturated rings. The summed E-state index contributed by atoms with van der Waals surface area (Å²) in [4.78, 5) is 6.94. The van der Waals surface area contributed by atoms with E-state index in [1.165, 1.54) is 37.9 Å². The highest BCUT2D eigenvalue weighted by Crippen LogP contribution is 2.16. The van der Waals surface area contributed by atoms with Crippen molar-refractivity contribution in [2.45, 2.75) is 38.1 Å². The normalized spacial score (nSPS) is 22.3. The van der Waals surface area contributed by atoms with Crippen LogP contribution in [0.5, 0.6) is 0 Å². The number of aromatic nitrogens is 1. The molecule has 0 aliphatic carbocycles. The molecule has 1 unspecified atom stereocenters. The van der Waals surface area contributed by atoms with Crippen molar-refractivity contribution in [1.82, 2.24) is 9.88 Å². The third-order valence-corrected chi connectivity index (χ3v) is 3.65. The summed E-state index contributed by atoms with van der Waals surface area (Å²) in [7, 11) is 0. The third-order valence-electron chi connectivity index (χ3n) is 3.65. The Morgan fingerprint density at radius 2 is 2.24 bits per heavy atom. The summed E-state index contributed by atoms with van der Waals surface area (Å²) < 4.78 is 0. The van der Waals surface area contributed by atoms with E-state index in [-0.39, 0.29) is 0 Å². The summed E-state index contributed by atoms with van der Waals surface area (Å²) in [5, 5.41) is 0. The van der Waals surface area contributed by atoms with E-state index < -0.39 is 0 Å². The molecular formula is C14H23N3. The molecule has 0 amide bonds. The van der Waals surface area contributed by atoms with Crippen LogP contribution < -0.4 is 5.73 Å². The fourth-order valence-corrected chi connectivity index (χ4v) is 2.60. The second-order valence-corrected chi connectivity index (χ2v) is 4.85. The topological polar surface area (TPSA) is 42.1 Å². The molecule has 1 aromatic heterocycles. The molecule has 17 heavy (non-hydrogen) atoms. The fraction of sp³-hybridized carbons (Fsp3) is 0.643. The van der Waals surface area contributed by atoms with Gasteiger partial charge in [0.1, 0.15) is 0 Å². The van der Waals surface area contributed by atoms with Crippen molar-refractivity contribution in [3.05, 3.63) is 30.1 Å². The molecule has 1 atom stereocenters. The van der Waals surface area contributed by atoms with Gasteiger partial charge in [0.25, 0.3) is 0 Å². The van der Waals surface area contributed by atoms with Gasteiger partial charge in [0.2, 0.25) is 0 Å². The summed E-state index contributed by atoms with van der Waals surface area (Å²) in [6, 6.07) is 6.72. The van der Waals surface area contributed by atoms with E-state index in [0.29, 0.717) is 6.04 Å². The van der Waals surface area contributed by atoms with Crippen LogP contribution in [-0.4, -0.2) is 35.6 Å². The number of pyridine rings is 1. The molecule has 2 N–H and O–H groups in total. The highest BCUT2D eigenvalue weighted by molar-refractivity contribution is 5.03. The van der Waals surface area contributed by atoms with Gasteiger partial charge in [-0.3, -0.25) is 9.88 Å². The minimum atomic E-state index is 0.584. The molecule has 3 heteroatoms. The number of hydrogen-bond acceptors (Lipinski definition) is 3. The highest BCUT2D eigenvalue weighted by Gasteiger charge is 2.19. The first kappa shape index (κ1) is 12.5. The SMILES string of the molecule is NCC1CCCCCN1CCc1ccccn1. The summed E-state index contributed by atoms with van der Waals surface area (Å²) >= 11 is 0. The number of nitrogens with zero attached hydrogens (tertiary/aromatic N) is 2. The lowest BCUT2D eigenvalue weighted by molar-refractivity contribution is 0.206. The zero-order valence-corrected chi connectivity index (χ0v) is 10.5. The molecule has 3 nitrogen and oxygen atoms in total. The molecule has 0 bridgehead atoms. The van der Waals surface area contributed by atoms with E-state index in [1.54, 1.807) is 0 Å². The summed E-state index contributed by atoms with van der Waals surface area (Å²) in [5.74, 6) is 0. The second-order valence-electron chi connectivity index (χ2n) is 4.85. The number of hydrogen-bond donors (Lipinski definition) is 1. The molecular weight excluding hydrogens is 210 g/mol. The van der Waals surface area contributed by atoms with Gasteiger partial charge in [-0.1, -0.05) is 18.9 Å². The van der Waals surface area contributed by atoms with Crippen LogP contribution in [0.4, 0.5) is 0 Å². The quantitative estimate of drug-likeness (QED) is 0.862. The second kappa shape index (κ2) is 6.72. The van der Waals surface area contributed by atoms with Crippen LogP contribution in [0.25, 0.3) is 0 Å². The summed E-state index contributed by atoms with van der Waals surface area (Å²) in [6.07, 6.45) is 8.19. The number of nitrogens with two attached hydrogens (primary N) is 1. The van der Waals surface area contributed by atoms with Crippen molar-refractivity contribution in [3.63, 3.8) is 0 Å². The fourth-order valence-electron chi connectivity index (χ4n) is 2.60. The van der Waals surface area contributed by atoms with Gasteiger partial charge in [-0.2, -0.15) is 0 Å². The molecule has 2 rings (SSSR count). The largest absolute Gasteiger partial charge is 0.329 e. The Labute approximate surface area is 104 Å². The first-order valence-corrected chi connectivity index (χ1v) is 6.74. The van der Waals surface area contributed by atoms with Crippen LogP contribution in [0, 0.1) is 0 Å². The molecule has 0 radical (unpaired) electrons. The summed E-state index contributed by atoms with van der Waals surface area (Å²) in [5.41, 5.74) is 7.06. The predicted molar refractivity (Wildman–Crippen MR) is 70.8 cm³/mol. The maximum atomic E-state index is 5.87. The highest BCUT2D eigenvalue weighted by atomic mass is 15.2. The van der Waals surface area contributed by atoms with Gasteiger partial charge in [0.05, 0.1) is 0 Å². The van der Waals surface area contributed by atoms with E-state index in [9.17, 15) is 0 Å². The van der Waals surface area contributed by atoms with Crippen LogP contribution in [0.1, 0.15) is 31.4 Å². The van der Waals surface area contributed by atoms with Crippen LogP contribution in [0.2, 0.25) is 0 Å². The average molecular weight is 233 g/mol. The smallest absolute Gasteiger partial charge is 0.0416 e. The van der Waals surface area contributed by atoms with Crippen molar-refractivity contribution in [2.24, 2.45) is 5.73 Å². The summed E-state index contributed by atoms with van der Waals surface area (Å²) in [6.45, 7) is 3.09. The van der Waals surface area contributed by atoms with Crippen LogP contribution in [-0.2, 0) is 6.42 Å². The molecule has 94 valence electrons. The number of rotatable bonds is 4. The van der Waals surface area contributed by atoms with Gasteiger partial charge in [-0.25, -0.2) is 0 Å². The van der Waals surface area contributed by atoms with Crippen LogP contribution >= 0.6 is 0 Å². The lowest BCUT2D eigenvalue weighted by Crippen LogP contribution is -2.41. The molecule has 0 saturated carbocycles. The molecule has 1 saturated heterocycles. The molecule has 1 aliphatic rings. The third kappa shape index (κ3) is 3.79. The van der Waals surface area contributed by atoms with Gasteiger partial charge < -0.3 is 5.73 Å². The van der Waals surface area contributed by atoms with Crippen LogP contribution in [0.3, 0.4) is 0 Å². The monoisotopic (exact) mass is 233 g/mol. The molecule has 0 aromatic carbocycles. The average Bonchev–Trinajstić information content (AvgIpc) is 2.62. The number of likely N-dealkylation sites (tertiary alicyclic amines) is 1. The zero-order valence-electron chi connectivity index (χ0n) is 10.5. The molecule has 0 spiro atoms. The predicted octanol–water partition coefficient (Wildman–Crippen LogP) is 1.83. The maximum Gasteiger partial charge on any atom is 0.0416 e. The van der Waals surface area contributed by atoms with E-state index in [0.717, 1.165) is 19.5 Å². The Hall–Kier alpha value is -0.930. The van der Waals surface area contributed by atoms with Crippen molar-refractivity contribution in [1.29, 1.82) is 0 Å². The Bertz CT molecular complexity index is 313. The Morgan fingerprint density at radius 3 is 3.00 bits per heavy atom. The van der Waals surface area contributed by atoms with Crippen molar-refractivity contribution in [2.75, 3.05) is 19.6 Å². The molecule has 2 heterocycles. The first-order chi connectivity index (χ1) is 8.40. The van der Waals surface area contributed by atoms with Gasteiger partial charge in [0.15, 0.2) is 0 Å². The lowest BCUT2D eigenvalue weighted by atomic mass is 10.1. The molecule has 1 aliphatic heterocycles. The van der Waals surface area contributed by atoms with Crippen molar-refractivity contribution >= 4 is 0 Å². The standard InChI is InChI=1S/C14H23N3/c15-12-14-7-2-1-5-10-17(14)11-8-13-6-3-4-9-16-13/h3-4,6,9,14H,1-2,5,7-8,10-12,15H2. The van der Waals surface area contributed by atoms with Crippen molar-refractivity contribution in [3.8, 4) is 0 Å². The maximum absolute atomic E-state index is 5.87. The first-order valence-electron chi connectivity index (χ1n) is 6.74. The zero-order chi connectivity index (χ0) is 11.9. The van der Waals surface area contributed by atoms with Gasteiger partial charge in [-0.15, -0.1) is 0 Å². The van der Waals surface area contributed by atoms with E-state index in [1.807, 2.05) is 12.3 Å².